The minimum absolute atomic E-state index is 0.334. The van der Waals surface area contributed by atoms with Crippen LogP contribution in [0, 0.1) is 24.7 Å². The first-order chi connectivity index (χ1) is 7.56. The van der Waals surface area contributed by atoms with Gasteiger partial charge in [-0.05, 0) is 36.1 Å². The third-order valence-electron chi connectivity index (χ3n) is 3.00. The summed E-state index contributed by atoms with van der Waals surface area (Å²) in [5.41, 5.74) is 2.41. The van der Waals surface area contributed by atoms with E-state index in [9.17, 15) is 5.11 Å². The molecule has 0 spiro atoms. The molecule has 0 aromatic heterocycles. The van der Waals surface area contributed by atoms with Crippen LogP contribution in [0.25, 0.3) is 0 Å². The highest BCUT2D eigenvalue weighted by molar-refractivity contribution is 5.36. The molecule has 1 rings (SSSR count). The maximum atomic E-state index is 9.37. The standard InChI is InChI=1S/C15H20O/c1-5-6-7-11(2)13(4)15-9-8-14(16)10-12(15)3/h8-11,13,16H,5H2,1-4H3. The van der Waals surface area contributed by atoms with Crippen molar-refractivity contribution in [3.05, 3.63) is 29.3 Å². The molecule has 1 nitrogen and oxygen atoms in total. The third kappa shape index (κ3) is 3.03. The average molecular weight is 216 g/mol. The summed E-state index contributed by atoms with van der Waals surface area (Å²) in [6, 6.07) is 5.56. The number of hydrogen-bond donors (Lipinski definition) is 1. The second-order valence-corrected chi connectivity index (χ2v) is 4.29. The highest BCUT2D eigenvalue weighted by Crippen LogP contribution is 2.28. The fraction of sp³-hybridized carbons (Fsp3) is 0.467. The maximum Gasteiger partial charge on any atom is 0.115 e. The normalized spacial score (nSPS) is 13.8. The summed E-state index contributed by atoms with van der Waals surface area (Å²) in [6.07, 6.45) is 0.908. The second-order valence-electron chi connectivity index (χ2n) is 4.29. The van der Waals surface area contributed by atoms with Crippen LogP contribution in [-0.2, 0) is 0 Å². The zero-order valence-corrected chi connectivity index (χ0v) is 10.5. The summed E-state index contributed by atoms with van der Waals surface area (Å²) in [6.45, 7) is 8.44. The van der Waals surface area contributed by atoms with Gasteiger partial charge >= 0.3 is 0 Å². The molecule has 86 valence electrons. The molecule has 0 aliphatic rings. The van der Waals surface area contributed by atoms with Gasteiger partial charge in [0.1, 0.15) is 5.75 Å². The van der Waals surface area contributed by atoms with Gasteiger partial charge in [0.05, 0.1) is 0 Å². The van der Waals surface area contributed by atoms with Crippen molar-refractivity contribution < 1.29 is 5.11 Å². The highest BCUT2D eigenvalue weighted by atomic mass is 16.3. The van der Waals surface area contributed by atoms with E-state index in [0.717, 1.165) is 12.0 Å². The molecule has 0 fully saturated rings. The van der Waals surface area contributed by atoms with E-state index < -0.39 is 0 Å². The van der Waals surface area contributed by atoms with Gasteiger partial charge in [-0.15, -0.1) is 5.92 Å². The van der Waals surface area contributed by atoms with Gasteiger partial charge in [-0.2, -0.15) is 0 Å². The van der Waals surface area contributed by atoms with E-state index in [4.69, 9.17) is 0 Å². The largest absolute Gasteiger partial charge is 0.508 e. The van der Waals surface area contributed by atoms with Gasteiger partial charge in [0.25, 0.3) is 0 Å². The Kier molecular flexibility index (Phi) is 4.43. The maximum absolute atomic E-state index is 9.37. The zero-order valence-electron chi connectivity index (χ0n) is 10.5. The first kappa shape index (κ1) is 12.6. The SMILES string of the molecule is CCC#CC(C)C(C)c1ccc(O)cc1C. The van der Waals surface area contributed by atoms with E-state index in [-0.39, 0.29) is 0 Å². The molecule has 1 heteroatoms. The van der Waals surface area contributed by atoms with E-state index in [1.165, 1.54) is 5.56 Å². The van der Waals surface area contributed by atoms with E-state index >= 15 is 0 Å². The molecule has 1 aromatic rings. The number of hydrogen-bond acceptors (Lipinski definition) is 1. The van der Waals surface area contributed by atoms with Crippen LogP contribution in [0.3, 0.4) is 0 Å². The molecule has 0 heterocycles. The van der Waals surface area contributed by atoms with Crippen molar-refractivity contribution in [2.24, 2.45) is 5.92 Å². The van der Waals surface area contributed by atoms with Crippen LogP contribution in [-0.4, -0.2) is 5.11 Å². The first-order valence-electron chi connectivity index (χ1n) is 5.84. The molecule has 2 atom stereocenters. The molecule has 0 aliphatic carbocycles. The van der Waals surface area contributed by atoms with Crippen molar-refractivity contribution in [2.45, 2.75) is 40.0 Å². The molecule has 1 aromatic carbocycles. The van der Waals surface area contributed by atoms with E-state index in [2.05, 4.69) is 32.6 Å². The Bertz CT molecular complexity index is 409. The number of rotatable bonds is 2. The monoisotopic (exact) mass is 216 g/mol. The highest BCUT2D eigenvalue weighted by Gasteiger charge is 2.14. The van der Waals surface area contributed by atoms with Crippen LogP contribution in [0.5, 0.6) is 5.75 Å². The van der Waals surface area contributed by atoms with E-state index in [1.54, 1.807) is 6.07 Å². The minimum atomic E-state index is 0.334. The van der Waals surface area contributed by atoms with Crippen molar-refractivity contribution in [1.82, 2.24) is 0 Å². The minimum Gasteiger partial charge on any atom is -0.508 e. The lowest BCUT2D eigenvalue weighted by molar-refractivity contribution is 0.474. The van der Waals surface area contributed by atoms with Crippen LogP contribution in [0.4, 0.5) is 0 Å². The smallest absolute Gasteiger partial charge is 0.115 e. The summed E-state index contributed by atoms with van der Waals surface area (Å²) in [5, 5.41) is 9.37. The lowest BCUT2D eigenvalue weighted by Crippen LogP contribution is -2.05. The molecule has 1 N–H and O–H groups in total. The molecule has 0 saturated heterocycles. The summed E-state index contributed by atoms with van der Waals surface area (Å²) in [4.78, 5) is 0. The molecular formula is C15H20O. The van der Waals surface area contributed by atoms with Crippen LogP contribution >= 0.6 is 0 Å². The Morgan fingerprint density at radius 2 is 2.00 bits per heavy atom. The lowest BCUT2D eigenvalue weighted by atomic mass is 9.86. The zero-order chi connectivity index (χ0) is 12.1. The Labute approximate surface area is 98.5 Å². The van der Waals surface area contributed by atoms with Crippen molar-refractivity contribution in [3.63, 3.8) is 0 Å². The Hall–Kier alpha value is -1.42. The molecule has 0 amide bonds. The second kappa shape index (κ2) is 5.61. The quantitative estimate of drug-likeness (QED) is 0.744. The number of phenols is 1. The number of phenolic OH excluding ortho intramolecular Hbond substituents is 1. The third-order valence-corrected chi connectivity index (χ3v) is 3.00. The summed E-state index contributed by atoms with van der Waals surface area (Å²) < 4.78 is 0. The Morgan fingerprint density at radius 1 is 1.31 bits per heavy atom. The predicted octanol–water partition coefficient (Wildman–Crippen LogP) is 3.85. The van der Waals surface area contributed by atoms with Crippen molar-refractivity contribution in [2.75, 3.05) is 0 Å². The summed E-state index contributed by atoms with van der Waals surface area (Å²) >= 11 is 0. The van der Waals surface area contributed by atoms with Crippen LogP contribution in [0.15, 0.2) is 18.2 Å². The van der Waals surface area contributed by atoms with E-state index in [1.807, 2.05) is 19.1 Å². The van der Waals surface area contributed by atoms with Gasteiger partial charge in [-0.1, -0.05) is 32.8 Å². The van der Waals surface area contributed by atoms with Crippen molar-refractivity contribution in [3.8, 4) is 17.6 Å². The van der Waals surface area contributed by atoms with Gasteiger partial charge in [-0.25, -0.2) is 0 Å². The fourth-order valence-corrected chi connectivity index (χ4v) is 1.83. The Morgan fingerprint density at radius 3 is 2.56 bits per heavy atom. The Balaban J connectivity index is 2.91. The van der Waals surface area contributed by atoms with Crippen LogP contribution in [0.1, 0.15) is 44.2 Å². The predicted molar refractivity (Wildman–Crippen MR) is 68.5 cm³/mol. The molecule has 0 radical (unpaired) electrons. The van der Waals surface area contributed by atoms with Crippen molar-refractivity contribution in [1.29, 1.82) is 0 Å². The molecule has 2 unspecified atom stereocenters. The topological polar surface area (TPSA) is 20.2 Å². The average Bonchev–Trinajstić information content (AvgIpc) is 2.25. The van der Waals surface area contributed by atoms with Gasteiger partial charge in [-0.3, -0.25) is 0 Å². The molecule has 0 bridgehead atoms. The fourth-order valence-electron chi connectivity index (χ4n) is 1.83. The van der Waals surface area contributed by atoms with E-state index in [0.29, 0.717) is 17.6 Å². The number of aromatic hydroxyl groups is 1. The number of benzene rings is 1. The molecular weight excluding hydrogens is 196 g/mol. The van der Waals surface area contributed by atoms with Gasteiger partial charge < -0.3 is 5.11 Å². The first-order valence-corrected chi connectivity index (χ1v) is 5.84. The summed E-state index contributed by atoms with van der Waals surface area (Å²) in [7, 11) is 0. The van der Waals surface area contributed by atoms with Gasteiger partial charge in [0.15, 0.2) is 0 Å². The molecule has 0 aliphatic heterocycles. The number of aryl methyl sites for hydroxylation is 1. The van der Waals surface area contributed by atoms with Gasteiger partial charge in [0.2, 0.25) is 0 Å². The lowest BCUT2D eigenvalue weighted by Gasteiger charge is -2.17. The van der Waals surface area contributed by atoms with Crippen LogP contribution < -0.4 is 0 Å². The van der Waals surface area contributed by atoms with Crippen LogP contribution in [0.2, 0.25) is 0 Å². The molecule has 16 heavy (non-hydrogen) atoms. The van der Waals surface area contributed by atoms with Crippen molar-refractivity contribution >= 4 is 0 Å². The summed E-state index contributed by atoms with van der Waals surface area (Å²) in [5.74, 6) is 7.48. The molecule has 0 saturated carbocycles. The van der Waals surface area contributed by atoms with Gasteiger partial charge in [0, 0.05) is 12.3 Å².